The van der Waals surface area contributed by atoms with E-state index >= 15 is 0 Å². The molecular formula is C18H17N3O5. The van der Waals surface area contributed by atoms with Crippen molar-refractivity contribution >= 4 is 16.9 Å². The fourth-order valence-electron chi connectivity index (χ4n) is 2.48. The first-order valence-corrected chi connectivity index (χ1v) is 8.03. The van der Waals surface area contributed by atoms with Crippen LogP contribution >= 0.6 is 0 Å². The average molecular weight is 355 g/mol. The lowest BCUT2D eigenvalue weighted by molar-refractivity contribution is 0.0524. The number of fused-ring (bicyclic) bond motifs is 1. The number of carbonyl (C=O) groups excluding carboxylic acids is 1. The lowest BCUT2D eigenvalue weighted by atomic mass is 10.1. The minimum Gasteiger partial charge on any atom is -0.474 e. The predicted molar refractivity (Wildman–Crippen MR) is 93.7 cm³/mol. The van der Waals surface area contributed by atoms with E-state index in [1.165, 1.54) is 18.6 Å². The number of rotatable bonds is 6. The number of pyridine rings is 1. The molecule has 0 radical (unpaired) electrons. The summed E-state index contributed by atoms with van der Waals surface area (Å²) in [6.07, 6.45) is 4.27. The maximum Gasteiger partial charge on any atom is 0.343 e. The molecule has 0 saturated heterocycles. The lowest BCUT2D eigenvalue weighted by Crippen LogP contribution is -2.20. The number of esters is 1. The van der Waals surface area contributed by atoms with Crippen LogP contribution in [0.2, 0.25) is 0 Å². The number of ether oxygens (including phenoxy) is 2. The summed E-state index contributed by atoms with van der Waals surface area (Å²) in [6, 6.07) is 6.90. The third-order valence-electron chi connectivity index (χ3n) is 3.61. The molecule has 2 heterocycles. The molecule has 3 aromatic rings. The Kier molecular flexibility index (Phi) is 5.23. The topological polar surface area (TPSA) is 104 Å². The van der Waals surface area contributed by atoms with Gasteiger partial charge in [-0.1, -0.05) is 12.1 Å². The van der Waals surface area contributed by atoms with Crippen molar-refractivity contribution in [3.05, 3.63) is 58.6 Å². The van der Waals surface area contributed by atoms with E-state index in [-0.39, 0.29) is 31.3 Å². The van der Waals surface area contributed by atoms with Crippen molar-refractivity contribution in [2.24, 2.45) is 0 Å². The van der Waals surface area contributed by atoms with Gasteiger partial charge in [0.05, 0.1) is 31.1 Å². The molecule has 0 atom stereocenters. The molecule has 0 fully saturated rings. The van der Waals surface area contributed by atoms with Gasteiger partial charge in [0.1, 0.15) is 12.2 Å². The second-order valence-electron chi connectivity index (χ2n) is 5.26. The average Bonchev–Trinajstić information content (AvgIpc) is 2.67. The number of aliphatic hydroxyl groups is 1. The number of benzene rings is 1. The van der Waals surface area contributed by atoms with Gasteiger partial charge in [-0.15, -0.1) is 0 Å². The molecule has 0 amide bonds. The van der Waals surface area contributed by atoms with Crippen molar-refractivity contribution < 1.29 is 19.4 Å². The zero-order valence-corrected chi connectivity index (χ0v) is 14.1. The highest BCUT2D eigenvalue weighted by Crippen LogP contribution is 2.17. The van der Waals surface area contributed by atoms with Gasteiger partial charge in [-0.2, -0.15) is 0 Å². The Hall–Kier alpha value is -3.26. The van der Waals surface area contributed by atoms with E-state index in [4.69, 9.17) is 14.6 Å². The Bertz CT molecular complexity index is 982. The van der Waals surface area contributed by atoms with Gasteiger partial charge in [0.25, 0.3) is 0 Å². The quantitative estimate of drug-likeness (QED) is 0.665. The monoisotopic (exact) mass is 355 g/mol. The zero-order chi connectivity index (χ0) is 18.5. The van der Waals surface area contributed by atoms with E-state index < -0.39 is 11.4 Å². The van der Waals surface area contributed by atoms with E-state index in [0.29, 0.717) is 16.7 Å². The summed E-state index contributed by atoms with van der Waals surface area (Å²) in [6.45, 7) is 1.83. The van der Waals surface area contributed by atoms with E-state index in [2.05, 4.69) is 9.97 Å². The van der Waals surface area contributed by atoms with Gasteiger partial charge in [-0.05, 0) is 19.1 Å². The number of aliphatic hydroxyl groups excluding tert-OH is 1. The molecule has 1 aromatic carbocycles. The minimum atomic E-state index is -0.687. The van der Waals surface area contributed by atoms with Crippen LogP contribution < -0.4 is 10.2 Å². The number of nitrogens with zero attached hydrogens (tertiary/aromatic N) is 3. The van der Waals surface area contributed by atoms with Gasteiger partial charge >= 0.3 is 5.97 Å². The van der Waals surface area contributed by atoms with E-state index in [1.54, 1.807) is 35.8 Å². The minimum absolute atomic E-state index is 0.0760. The third kappa shape index (κ3) is 3.40. The molecule has 1 N–H and O–H groups in total. The Morgan fingerprint density at radius 1 is 1.23 bits per heavy atom. The molecule has 0 unspecified atom stereocenters. The van der Waals surface area contributed by atoms with Crippen LogP contribution in [-0.2, 0) is 4.74 Å². The van der Waals surface area contributed by atoms with Crippen LogP contribution in [0.25, 0.3) is 16.7 Å². The van der Waals surface area contributed by atoms with Crippen LogP contribution in [0.4, 0.5) is 0 Å². The summed E-state index contributed by atoms with van der Waals surface area (Å²) in [4.78, 5) is 33.1. The molecule has 134 valence electrons. The van der Waals surface area contributed by atoms with Crippen LogP contribution in [-0.4, -0.2) is 45.4 Å². The molecule has 0 aliphatic rings. The van der Waals surface area contributed by atoms with Crippen LogP contribution in [0.3, 0.4) is 0 Å². The highest BCUT2D eigenvalue weighted by atomic mass is 16.5. The molecule has 0 aliphatic heterocycles. The first-order chi connectivity index (χ1) is 12.7. The molecule has 0 bridgehead atoms. The second-order valence-corrected chi connectivity index (χ2v) is 5.26. The van der Waals surface area contributed by atoms with Crippen molar-refractivity contribution in [1.29, 1.82) is 0 Å². The van der Waals surface area contributed by atoms with Gasteiger partial charge < -0.3 is 14.6 Å². The Labute approximate surface area is 148 Å². The van der Waals surface area contributed by atoms with Crippen molar-refractivity contribution in [2.75, 3.05) is 19.8 Å². The van der Waals surface area contributed by atoms with Gasteiger partial charge in [0.2, 0.25) is 11.3 Å². The summed E-state index contributed by atoms with van der Waals surface area (Å²) in [7, 11) is 0. The Balaban J connectivity index is 2.14. The van der Waals surface area contributed by atoms with Gasteiger partial charge in [-0.25, -0.2) is 14.8 Å². The first-order valence-electron chi connectivity index (χ1n) is 8.03. The molecule has 8 heteroatoms. The lowest BCUT2D eigenvalue weighted by Gasteiger charge is -2.12. The van der Waals surface area contributed by atoms with Crippen molar-refractivity contribution in [2.45, 2.75) is 6.92 Å². The molecule has 26 heavy (non-hydrogen) atoms. The zero-order valence-electron chi connectivity index (χ0n) is 14.1. The first kappa shape index (κ1) is 17.6. The van der Waals surface area contributed by atoms with Crippen LogP contribution in [0.5, 0.6) is 5.88 Å². The smallest absolute Gasteiger partial charge is 0.343 e. The largest absolute Gasteiger partial charge is 0.474 e. The second kappa shape index (κ2) is 7.75. The summed E-state index contributed by atoms with van der Waals surface area (Å²) < 4.78 is 11.8. The summed E-state index contributed by atoms with van der Waals surface area (Å²) in [5, 5.41) is 9.16. The third-order valence-corrected chi connectivity index (χ3v) is 3.61. The van der Waals surface area contributed by atoms with Crippen LogP contribution in [0.1, 0.15) is 17.3 Å². The number of para-hydroxylation sites is 1. The molecule has 8 nitrogen and oxygen atoms in total. The SMILES string of the molecule is CCOC(=O)c1cn(-c2cnc(OCCO)cn2)c2ccccc2c1=O. The van der Waals surface area contributed by atoms with Crippen LogP contribution in [0, 0.1) is 0 Å². The number of hydrogen-bond donors (Lipinski definition) is 1. The Morgan fingerprint density at radius 2 is 2.04 bits per heavy atom. The van der Waals surface area contributed by atoms with Gasteiger partial charge in [0.15, 0.2) is 5.82 Å². The maximum atomic E-state index is 12.6. The van der Waals surface area contributed by atoms with Crippen molar-refractivity contribution in [1.82, 2.24) is 14.5 Å². The molecule has 0 saturated carbocycles. The van der Waals surface area contributed by atoms with Crippen molar-refractivity contribution in [3.8, 4) is 11.7 Å². The number of hydrogen-bond acceptors (Lipinski definition) is 7. The molecule has 0 spiro atoms. The van der Waals surface area contributed by atoms with Crippen molar-refractivity contribution in [3.63, 3.8) is 0 Å². The standard InChI is InChI=1S/C18H17N3O5/c1-2-25-18(24)13-11-21(14-6-4-3-5-12(14)17(13)23)15-9-20-16(10-19-15)26-8-7-22/h3-6,9-11,22H,2,7-8H2,1H3. The number of carbonyl (C=O) groups is 1. The van der Waals surface area contributed by atoms with Crippen LogP contribution in [0.15, 0.2) is 47.7 Å². The fraction of sp³-hybridized carbons (Fsp3) is 0.222. The van der Waals surface area contributed by atoms with E-state index in [9.17, 15) is 9.59 Å². The molecule has 3 rings (SSSR count). The maximum absolute atomic E-state index is 12.6. The molecular weight excluding hydrogens is 338 g/mol. The van der Waals surface area contributed by atoms with Gasteiger partial charge in [0, 0.05) is 11.6 Å². The number of aromatic nitrogens is 3. The van der Waals surface area contributed by atoms with E-state index in [0.717, 1.165) is 0 Å². The van der Waals surface area contributed by atoms with E-state index in [1.807, 2.05) is 0 Å². The predicted octanol–water partition coefficient (Wildman–Crippen LogP) is 1.33. The normalized spacial score (nSPS) is 10.7. The van der Waals surface area contributed by atoms with Gasteiger partial charge in [-0.3, -0.25) is 9.36 Å². The Morgan fingerprint density at radius 3 is 2.73 bits per heavy atom. The fourth-order valence-corrected chi connectivity index (χ4v) is 2.48. The highest BCUT2D eigenvalue weighted by molar-refractivity contribution is 5.94. The summed E-state index contributed by atoms with van der Waals surface area (Å²) in [5.74, 6) is -0.0188. The highest BCUT2D eigenvalue weighted by Gasteiger charge is 2.17. The molecule has 0 aliphatic carbocycles. The summed E-state index contributed by atoms with van der Waals surface area (Å²) in [5.41, 5.74) is 0.114. The summed E-state index contributed by atoms with van der Waals surface area (Å²) >= 11 is 0. The molecule has 2 aromatic heterocycles.